The maximum Gasteiger partial charge on any atom is 0.227 e. The van der Waals surface area contributed by atoms with Crippen LogP contribution in [0.5, 0.6) is 0 Å². The largest absolute Gasteiger partial charge is 0.327 e. The molecule has 78 valence electrons. The van der Waals surface area contributed by atoms with Crippen molar-refractivity contribution >= 4 is 11.7 Å². The van der Waals surface area contributed by atoms with E-state index in [2.05, 4.69) is 15.5 Å². The van der Waals surface area contributed by atoms with E-state index >= 15 is 0 Å². The van der Waals surface area contributed by atoms with E-state index in [1.165, 1.54) is 0 Å². The molecule has 1 unspecified atom stereocenters. The van der Waals surface area contributed by atoms with Crippen LogP contribution in [0.15, 0.2) is 6.20 Å². The van der Waals surface area contributed by atoms with Crippen LogP contribution in [0.3, 0.4) is 0 Å². The minimum absolute atomic E-state index is 0.0843. The summed E-state index contributed by atoms with van der Waals surface area (Å²) in [6, 6.07) is -0.122. The number of hydrogen-bond donors (Lipinski definition) is 3. The number of amides is 1. The molecule has 5 nitrogen and oxygen atoms in total. The highest BCUT2D eigenvalue weighted by molar-refractivity contribution is 5.90. The summed E-state index contributed by atoms with van der Waals surface area (Å²) in [4.78, 5) is 11.4. The maximum absolute atomic E-state index is 11.4. The topological polar surface area (TPSA) is 83.8 Å². The molecule has 0 bridgehead atoms. The number of nitrogens with zero attached hydrogens (tertiary/aromatic N) is 1. The van der Waals surface area contributed by atoms with Crippen LogP contribution in [0.2, 0.25) is 0 Å². The molecule has 1 aromatic heterocycles. The summed E-state index contributed by atoms with van der Waals surface area (Å²) in [7, 11) is 0. The molecule has 1 aromatic rings. The second-order valence-corrected chi connectivity index (χ2v) is 3.35. The van der Waals surface area contributed by atoms with Crippen molar-refractivity contribution < 1.29 is 4.79 Å². The molecule has 4 N–H and O–H groups in total. The van der Waals surface area contributed by atoms with Crippen LogP contribution in [0, 0.1) is 0 Å². The lowest BCUT2D eigenvalue weighted by molar-refractivity contribution is -0.116. The number of nitrogens with two attached hydrogens (primary N) is 1. The van der Waals surface area contributed by atoms with E-state index in [0.29, 0.717) is 12.2 Å². The van der Waals surface area contributed by atoms with Crippen LogP contribution in [-0.2, 0) is 11.2 Å². The lowest BCUT2D eigenvalue weighted by Gasteiger charge is -2.06. The highest BCUT2D eigenvalue weighted by Crippen LogP contribution is 2.11. The summed E-state index contributed by atoms with van der Waals surface area (Å²) in [5.74, 6) is 0.595. The number of aromatic amines is 1. The molecule has 0 aromatic carbocycles. The van der Waals surface area contributed by atoms with Gasteiger partial charge in [0.05, 0.1) is 6.20 Å². The second kappa shape index (κ2) is 4.76. The molecule has 1 amide bonds. The number of hydrogen-bond acceptors (Lipinski definition) is 3. The molecule has 1 atom stereocenters. The molecule has 0 spiro atoms. The predicted molar refractivity (Wildman–Crippen MR) is 54.9 cm³/mol. The molecule has 0 aliphatic rings. The van der Waals surface area contributed by atoms with Crippen LogP contribution >= 0.6 is 0 Å². The Hall–Kier alpha value is -1.36. The monoisotopic (exact) mass is 196 g/mol. The molecule has 0 aliphatic heterocycles. The van der Waals surface area contributed by atoms with Gasteiger partial charge in [-0.1, -0.05) is 6.92 Å². The fourth-order valence-corrected chi connectivity index (χ4v) is 1.17. The molecular weight excluding hydrogens is 180 g/mol. The number of aryl methyl sites for hydroxylation is 1. The van der Waals surface area contributed by atoms with E-state index < -0.39 is 0 Å². The van der Waals surface area contributed by atoms with E-state index in [4.69, 9.17) is 5.73 Å². The number of carbonyl (C=O) groups excluding carboxylic acids is 1. The molecule has 0 aliphatic carbocycles. The summed E-state index contributed by atoms with van der Waals surface area (Å²) >= 11 is 0. The van der Waals surface area contributed by atoms with Gasteiger partial charge in [-0.15, -0.1) is 0 Å². The zero-order chi connectivity index (χ0) is 10.6. The summed E-state index contributed by atoms with van der Waals surface area (Å²) in [5, 5.41) is 9.33. The van der Waals surface area contributed by atoms with E-state index in [0.717, 1.165) is 12.0 Å². The van der Waals surface area contributed by atoms with Gasteiger partial charge in [-0.3, -0.25) is 9.89 Å². The van der Waals surface area contributed by atoms with Gasteiger partial charge in [0.25, 0.3) is 0 Å². The van der Waals surface area contributed by atoms with Gasteiger partial charge >= 0.3 is 0 Å². The van der Waals surface area contributed by atoms with Crippen molar-refractivity contribution in [2.24, 2.45) is 5.73 Å². The SMILES string of the molecule is CCc1cn[nH]c1NC(=O)CC(C)N. The first-order valence-electron chi connectivity index (χ1n) is 4.71. The molecular formula is C9H16N4O. The van der Waals surface area contributed by atoms with Crippen molar-refractivity contribution in [2.45, 2.75) is 32.7 Å². The van der Waals surface area contributed by atoms with Crippen LogP contribution in [-0.4, -0.2) is 22.1 Å². The van der Waals surface area contributed by atoms with Crippen molar-refractivity contribution in [2.75, 3.05) is 5.32 Å². The Labute approximate surface area is 83.1 Å². The number of nitrogens with one attached hydrogen (secondary N) is 2. The standard InChI is InChI=1S/C9H16N4O/c1-3-7-5-11-13-9(7)12-8(14)4-6(2)10/h5-6H,3-4,10H2,1-2H3,(H2,11,12,13,14). The first-order chi connectivity index (χ1) is 6.63. The molecule has 0 fully saturated rings. The molecule has 1 heterocycles. The Kier molecular flexibility index (Phi) is 3.64. The predicted octanol–water partition coefficient (Wildman–Crippen LogP) is 0.648. The first kappa shape index (κ1) is 10.7. The third-order valence-electron chi connectivity index (χ3n) is 1.87. The van der Waals surface area contributed by atoms with Gasteiger partial charge in [0, 0.05) is 18.0 Å². The van der Waals surface area contributed by atoms with Crippen molar-refractivity contribution in [1.29, 1.82) is 0 Å². The third-order valence-corrected chi connectivity index (χ3v) is 1.87. The van der Waals surface area contributed by atoms with Crippen molar-refractivity contribution in [3.05, 3.63) is 11.8 Å². The van der Waals surface area contributed by atoms with Gasteiger partial charge in [0.2, 0.25) is 5.91 Å². The first-order valence-corrected chi connectivity index (χ1v) is 4.71. The van der Waals surface area contributed by atoms with E-state index in [1.807, 2.05) is 6.92 Å². The van der Waals surface area contributed by atoms with E-state index in [1.54, 1.807) is 13.1 Å². The van der Waals surface area contributed by atoms with Gasteiger partial charge < -0.3 is 11.1 Å². The van der Waals surface area contributed by atoms with Crippen LogP contribution < -0.4 is 11.1 Å². The molecule has 5 heteroatoms. The Morgan fingerprint density at radius 2 is 2.50 bits per heavy atom. The van der Waals surface area contributed by atoms with Crippen molar-refractivity contribution in [3.63, 3.8) is 0 Å². The minimum Gasteiger partial charge on any atom is -0.327 e. The lowest BCUT2D eigenvalue weighted by Crippen LogP contribution is -2.24. The average Bonchev–Trinajstić information content (AvgIpc) is 2.50. The van der Waals surface area contributed by atoms with E-state index in [9.17, 15) is 4.79 Å². The normalized spacial score (nSPS) is 12.5. The lowest BCUT2D eigenvalue weighted by atomic mass is 10.2. The average molecular weight is 196 g/mol. The minimum atomic E-state index is -0.122. The number of aromatic nitrogens is 2. The van der Waals surface area contributed by atoms with Crippen molar-refractivity contribution in [1.82, 2.24) is 10.2 Å². The number of rotatable bonds is 4. The number of H-pyrrole nitrogens is 1. The smallest absolute Gasteiger partial charge is 0.227 e. The van der Waals surface area contributed by atoms with Crippen LogP contribution in [0.1, 0.15) is 25.8 Å². The Bertz CT molecular complexity index is 306. The fraction of sp³-hybridized carbons (Fsp3) is 0.556. The van der Waals surface area contributed by atoms with Gasteiger partial charge in [0.1, 0.15) is 5.82 Å². The van der Waals surface area contributed by atoms with Gasteiger partial charge in [0.15, 0.2) is 0 Å². The van der Waals surface area contributed by atoms with Gasteiger partial charge in [-0.2, -0.15) is 5.10 Å². The van der Waals surface area contributed by atoms with Crippen LogP contribution in [0.4, 0.5) is 5.82 Å². The zero-order valence-corrected chi connectivity index (χ0v) is 8.50. The quantitative estimate of drug-likeness (QED) is 0.661. The third kappa shape index (κ3) is 2.85. The fourth-order valence-electron chi connectivity index (χ4n) is 1.17. The summed E-state index contributed by atoms with van der Waals surface area (Å²) in [6.45, 7) is 3.80. The van der Waals surface area contributed by atoms with Gasteiger partial charge in [-0.25, -0.2) is 0 Å². The number of anilines is 1. The summed E-state index contributed by atoms with van der Waals surface area (Å²) in [6.07, 6.45) is 2.87. The van der Waals surface area contributed by atoms with Crippen molar-refractivity contribution in [3.8, 4) is 0 Å². The molecule has 1 rings (SSSR count). The van der Waals surface area contributed by atoms with E-state index in [-0.39, 0.29) is 11.9 Å². The Balaban J connectivity index is 2.55. The highest BCUT2D eigenvalue weighted by atomic mass is 16.1. The highest BCUT2D eigenvalue weighted by Gasteiger charge is 2.08. The Morgan fingerprint density at radius 3 is 3.07 bits per heavy atom. The molecule has 14 heavy (non-hydrogen) atoms. The van der Waals surface area contributed by atoms with Gasteiger partial charge in [-0.05, 0) is 13.3 Å². The zero-order valence-electron chi connectivity index (χ0n) is 8.50. The molecule has 0 saturated heterocycles. The Morgan fingerprint density at radius 1 is 1.79 bits per heavy atom. The summed E-state index contributed by atoms with van der Waals surface area (Å²) in [5.41, 5.74) is 6.51. The maximum atomic E-state index is 11.4. The van der Waals surface area contributed by atoms with Crippen LogP contribution in [0.25, 0.3) is 0 Å². The number of carbonyl (C=O) groups is 1. The molecule has 0 radical (unpaired) electrons. The second-order valence-electron chi connectivity index (χ2n) is 3.35. The summed E-state index contributed by atoms with van der Waals surface area (Å²) < 4.78 is 0. The molecule has 0 saturated carbocycles.